The molecule has 0 unspecified atom stereocenters. The number of sulfone groups is 1. The van der Waals surface area contributed by atoms with Crippen LogP contribution in [0.3, 0.4) is 0 Å². The largest absolute Gasteiger partial charge is 0.416 e. The van der Waals surface area contributed by atoms with Crippen molar-refractivity contribution in [3.8, 4) is 34.1 Å². The fraction of sp³-hybridized carbons (Fsp3) is 0.233. The molecular weight excluding hydrogens is 609 g/mol. The number of anilines is 1. The maximum Gasteiger partial charge on any atom is 0.416 e. The predicted octanol–water partition coefficient (Wildman–Crippen LogP) is 4.12. The number of aromatic nitrogens is 5. The van der Waals surface area contributed by atoms with E-state index < -0.39 is 27.5 Å². The quantitative estimate of drug-likeness (QED) is 0.295. The molecule has 1 fully saturated rings. The first-order valence-electron chi connectivity index (χ1n) is 13.8. The Kier molecular flexibility index (Phi) is 7.63. The van der Waals surface area contributed by atoms with E-state index in [1.165, 1.54) is 10.6 Å². The molecule has 2 aromatic carbocycles. The molecule has 1 aliphatic rings. The monoisotopic (exact) mass is 634 g/mol. The van der Waals surface area contributed by atoms with Crippen molar-refractivity contribution in [3.63, 3.8) is 0 Å². The number of hydrogen-bond acceptors (Lipinski definition) is 8. The molecule has 230 valence electrons. The zero-order valence-corrected chi connectivity index (χ0v) is 24.6. The summed E-state index contributed by atoms with van der Waals surface area (Å²) < 4.78 is 67.7. The molecule has 6 rings (SSSR count). The molecule has 3 aromatic heterocycles. The van der Waals surface area contributed by atoms with Gasteiger partial charge in [0.05, 0.1) is 52.8 Å². The van der Waals surface area contributed by atoms with E-state index in [0.29, 0.717) is 33.6 Å². The van der Waals surface area contributed by atoms with Crippen LogP contribution in [0.15, 0.2) is 67.0 Å². The molecule has 0 saturated carbocycles. The molecule has 45 heavy (non-hydrogen) atoms. The number of nitrogens with zero attached hydrogens (tertiary/aromatic N) is 7. The van der Waals surface area contributed by atoms with Crippen LogP contribution in [0.4, 0.5) is 19.1 Å². The number of rotatable bonds is 6. The Morgan fingerprint density at radius 2 is 1.82 bits per heavy atom. The van der Waals surface area contributed by atoms with Crippen molar-refractivity contribution in [2.45, 2.75) is 13.1 Å². The van der Waals surface area contributed by atoms with Crippen molar-refractivity contribution in [1.29, 1.82) is 5.26 Å². The van der Waals surface area contributed by atoms with Crippen LogP contribution in [-0.4, -0.2) is 74.7 Å². The van der Waals surface area contributed by atoms with Crippen LogP contribution in [0.5, 0.6) is 0 Å². The Labute approximate surface area is 255 Å². The number of carbonyl (C=O) groups excluding carboxylic acids is 1. The van der Waals surface area contributed by atoms with Crippen molar-refractivity contribution < 1.29 is 26.4 Å². The number of nitrogens with one attached hydrogen (secondary N) is 1. The second-order valence-corrected chi connectivity index (χ2v) is 12.9. The number of halogens is 3. The second-order valence-electron chi connectivity index (χ2n) is 10.6. The molecule has 11 nitrogen and oxygen atoms in total. The summed E-state index contributed by atoms with van der Waals surface area (Å²) in [6.07, 6.45) is -1.33. The van der Waals surface area contributed by atoms with Gasteiger partial charge in [-0.1, -0.05) is 12.1 Å². The molecule has 0 atom stereocenters. The zero-order valence-electron chi connectivity index (χ0n) is 23.8. The number of hydrogen-bond donors (Lipinski definition) is 1. The fourth-order valence-corrected chi connectivity index (χ4v) is 6.56. The molecule has 1 aliphatic heterocycles. The Bertz CT molecular complexity index is 2070. The Morgan fingerprint density at radius 3 is 2.51 bits per heavy atom. The minimum Gasteiger partial charge on any atom is -0.292 e. The molecule has 1 amide bonds. The maximum absolute atomic E-state index is 13.7. The molecule has 15 heteroatoms. The van der Waals surface area contributed by atoms with Gasteiger partial charge >= 0.3 is 6.18 Å². The highest BCUT2D eigenvalue weighted by Gasteiger charge is 2.31. The third-order valence-corrected chi connectivity index (χ3v) is 9.19. The SMILES string of the molecule is Cc1c(-c2ccnn2-c2ccc(C#N)cc2)cn2nc(NC(=O)CN3CCS(=O)(=O)CC3)nc2c1-c1cccc(C(F)(F)F)c1. The third kappa shape index (κ3) is 6.15. The number of amides is 1. The van der Waals surface area contributed by atoms with Crippen LogP contribution in [0.2, 0.25) is 0 Å². The van der Waals surface area contributed by atoms with Crippen LogP contribution in [0.25, 0.3) is 33.7 Å². The summed E-state index contributed by atoms with van der Waals surface area (Å²) in [5, 5.41) is 20.7. The van der Waals surface area contributed by atoms with Gasteiger partial charge in [-0.05, 0) is 60.5 Å². The Morgan fingerprint density at radius 1 is 1.09 bits per heavy atom. The van der Waals surface area contributed by atoms with Gasteiger partial charge in [0.15, 0.2) is 15.5 Å². The lowest BCUT2D eigenvalue weighted by Crippen LogP contribution is -2.44. The summed E-state index contributed by atoms with van der Waals surface area (Å²) in [7, 11) is -3.11. The highest BCUT2D eigenvalue weighted by Crippen LogP contribution is 2.38. The van der Waals surface area contributed by atoms with Gasteiger partial charge in [-0.15, -0.1) is 5.10 Å². The van der Waals surface area contributed by atoms with Gasteiger partial charge in [0, 0.05) is 30.4 Å². The number of fused-ring (bicyclic) bond motifs is 1. The number of pyridine rings is 1. The van der Waals surface area contributed by atoms with Crippen LogP contribution >= 0.6 is 0 Å². The van der Waals surface area contributed by atoms with Gasteiger partial charge in [0.25, 0.3) is 0 Å². The highest BCUT2D eigenvalue weighted by atomic mass is 32.2. The summed E-state index contributed by atoms with van der Waals surface area (Å²) >= 11 is 0. The molecule has 0 radical (unpaired) electrons. The minimum absolute atomic E-state index is 0.0334. The fourth-order valence-electron chi connectivity index (χ4n) is 5.28. The van der Waals surface area contributed by atoms with Crippen molar-refractivity contribution in [3.05, 3.63) is 83.7 Å². The van der Waals surface area contributed by atoms with E-state index in [-0.39, 0.29) is 48.3 Å². The summed E-state index contributed by atoms with van der Waals surface area (Å²) in [6.45, 7) is 2.14. The molecule has 0 aliphatic carbocycles. The van der Waals surface area contributed by atoms with E-state index in [1.54, 1.807) is 65.3 Å². The van der Waals surface area contributed by atoms with Crippen molar-refractivity contribution in [2.75, 3.05) is 36.5 Å². The summed E-state index contributed by atoms with van der Waals surface area (Å²) in [5.41, 5.74) is 2.94. The topological polar surface area (TPSA) is 138 Å². The standard InChI is InChI=1S/C30H25F3N8O3S/c1-19-24(25-9-10-35-41(25)23-7-5-20(16-34)6-8-23)17-40-28(27(19)21-3-2-4-22(15-21)30(31,32)33)37-29(38-40)36-26(42)18-39-11-13-45(43,44)14-12-39/h2-10,15,17H,11-14,18H2,1H3,(H,36,38,42). The summed E-state index contributed by atoms with van der Waals surface area (Å²) in [5.74, 6) is -0.584. The van der Waals surface area contributed by atoms with Gasteiger partial charge in [-0.3, -0.25) is 15.0 Å². The second kappa shape index (κ2) is 11.5. The van der Waals surface area contributed by atoms with E-state index in [1.807, 2.05) is 0 Å². The Hall–Kier alpha value is -5.07. The van der Waals surface area contributed by atoms with E-state index in [4.69, 9.17) is 0 Å². The van der Waals surface area contributed by atoms with Gasteiger partial charge in [0.1, 0.15) is 0 Å². The van der Waals surface area contributed by atoms with Gasteiger partial charge in [-0.2, -0.15) is 28.5 Å². The van der Waals surface area contributed by atoms with E-state index in [9.17, 15) is 31.6 Å². The minimum atomic E-state index is -4.58. The first kappa shape index (κ1) is 30.0. The number of nitriles is 1. The first-order valence-corrected chi connectivity index (χ1v) is 15.6. The highest BCUT2D eigenvalue weighted by molar-refractivity contribution is 7.91. The predicted molar refractivity (Wildman–Crippen MR) is 159 cm³/mol. The maximum atomic E-state index is 13.7. The first-order chi connectivity index (χ1) is 21.4. The van der Waals surface area contributed by atoms with Crippen LogP contribution in [0, 0.1) is 18.3 Å². The normalized spacial score (nSPS) is 15.2. The average molecular weight is 635 g/mol. The summed E-state index contributed by atoms with van der Waals surface area (Å²) in [6, 6.07) is 15.5. The number of carbonyl (C=O) groups is 1. The molecule has 4 heterocycles. The number of benzene rings is 2. The Balaban J connectivity index is 1.44. The third-order valence-electron chi connectivity index (χ3n) is 7.58. The molecule has 1 saturated heterocycles. The van der Waals surface area contributed by atoms with Gasteiger partial charge in [-0.25, -0.2) is 17.6 Å². The molecular formula is C30H25F3N8O3S. The van der Waals surface area contributed by atoms with Crippen LogP contribution in [0.1, 0.15) is 16.7 Å². The number of alkyl halides is 3. The molecule has 0 spiro atoms. The summed E-state index contributed by atoms with van der Waals surface area (Å²) in [4.78, 5) is 19.1. The molecule has 1 N–H and O–H groups in total. The van der Waals surface area contributed by atoms with Crippen molar-refractivity contribution in [1.82, 2.24) is 29.3 Å². The van der Waals surface area contributed by atoms with Crippen molar-refractivity contribution in [2.24, 2.45) is 0 Å². The zero-order chi connectivity index (χ0) is 31.9. The van der Waals surface area contributed by atoms with Gasteiger partial charge < -0.3 is 0 Å². The lowest BCUT2D eigenvalue weighted by molar-refractivity contribution is -0.137. The van der Waals surface area contributed by atoms with Crippen molar-refractivity contribution >= 4 is 27.3 Å². The lowest BCUT2D eigenvalue weighted by atomic mass is 9.95. The van der Waals surface area contributed by atoms with Crippen LogP contribution < -0.4 is 5.32 Å². The van der Waals surface area contributed by atoms with E-state index in [0.717, 1.165) is 12.1 Å². The molecule has 0 bridgehead atoms. The van der Waals surface area contributed by atoms with Gasteiger partial charge in [0.2, 0.25) is 11.9 Å². The van der Waals surface area contributed by atoms with E-state index in [2.05, 4.69) is 26.6 Å². The average Bonchev–Trinajstić information content (AvgIpc) is 3.64. The van der Waals surface area contributed by atoms with E-state index >= 15 is 0 Å². The van der Waals surface area contributed by atoms with Crippen LogP contribution in [-0.2, 0) is 20.8 Å². The molecule has 5 aromatic rings. The smallest absolute Gasteiger partial charge is 0.292 e. The lowest BCUT2D eigenvalue weighted by Gasteiger charge is -2.25.